The Morgan fingerprint density at radius 2 is 0.897 bits per heavy atom. The Labute approximate surface area is 734 Å². The van der Waals surface area contributed by atoms with E-state index in [0.29, 0.717) is 165 Å². The topological polar surface area (TPSA) is 538 Å². The number of hydrogen-bond donors (Lipinski definition) is 12. The number of anilines is 2. The van der Waals surface area contributed by atoms with Crippen molar-refractivity contribution in [3.63, 3.8) is 0 Å². The second kappa shape index (κ2) is 53.3. The van der Waals surface area contributed by atoms with Gasteiger partial charge in [-0.3, -0.25) is 32.9 Å². The van der Waals surface area contributed by atoms with Gasteiger partial charge in [-0.15, -0.1) is 0 Å². The minimum absolute atomic E-state index is 0.000525. The molecule has 0 saturated carbocycles. The molecule has 5 aromatic heterocycles. The number of carbonyl (C=O) groups excluding carboxylic acids is 7. The lowest BCUT2D eigenvalue weighted by Crippen LogP contribution is -2.55. The van der Waals surface area contributed by atoms with Crippen LogP contribution in [-0.2, 0) is 79.3 Å². The van der Waals surface area contributed by atoms with Gasteiger partial charge < -0.3 is 126 Å². The van der Waals surface area contributed by atoms with Gasteiger partial charge in [0.2, 0.25) is 23.6 Å². The molecule has 700 valence electrons. The molecule has 126 heavy (non-hydrogen) atoms. The number of ether oxygens (including phenoxy) is 11. The van der Waals surface area contributed by atoms with Gasteiger partial charge in [-0.1, -0.05) is 59.7 Å². The molecule has 0 bridgehead atoms. The molecule has 7 heterocycles. The Hall–Kier alpha value is -10.3. The number of alkyl carbamates (subject to hydrolysis) is 3. The van der Waals surface area contributed by atoms with Gasteiger partial charge in [0.1, 0.15) is 66.2 Å². The number of nitrogens with zero attached hydrogens (tertiary/aromatic N) is 12. The van der Waals surface area contributed by atoms with Crippen molar-refractivity contribution in [1.82, 2.24) is 80.5 Å². The summed E-state index contributed by atoms with van der Waals surface area (Å²) in [4.78, 5) is 119. The molecule has 2 aromatic carbocycles. The number of benzene rings is 2. The first-order valence-corrected chi connectivity index (χ1v) is 41.8. The number of fused-ring (bicyclic) bond motifs is 2. The van der Waals surface area contributed by atoms with Crippen LogP contribution in [0.15, 0.2) is 92.6 Å². The number of carbonyl (C=O) groups is 7. The molecule has 42 heteroatoms. The Balaban J connectivity index is 0.000000283. The first kappa shape index (κ1) is 104. The number of aliphatic hydroxyl groups excluding tert-OH is 4. The zero-order valence-electron chi connectivity index (χ0n) is 75.1. The number of aliphatic hydroxyl groups is 4. The number of aryl methyl sites for hydroxylation is 2. The molecular formula is C84H132N20O22. The van der Waals surface area contributed by atoms with Crippen LogP contribution in [0.4, 0.5) is 26.0 Å². The van der Waals surface area contributed by atoms with Crippen molar-refractivity contribution in [2.75, 3.05) is 157 Å². The molecule has 9 rings (SSSR count). The van der Waals surface area contributed by atoms with E-state index in [1.165, 1.54) is 36.2 Å². The van der Waals surface area contributed by atoms with Gasteiger partial charge in [0.25, 0.3) is 0 Å². The molecule has 10 atom stereocenters. The van der Waals surface area contributed by atoms with Crippen LogP contribution in [0, 0.1) is 13.8 Å². The lowest BCUT2D eigenvalue weighted by atomic mass is 10.0. The molecule has 0 aliphatic carbocycles. The van der Waals surface area contributed by atoms with E-state index in [2.05, 4.69) is 66.8 Å². The van der Waals surface area contributed by atoms with Crippen molar-refractivity contribution >= 4 is 75.9 Å². The first-order chi connectivity index (χ1) is 59.9. The SMILES string of the molecule is CC(C)(C)OC(=O)NCCOCCOCCCC(=O)n1ccnc1.CC(C)(C)OC(=O)NCCOCCOCCN.Cc1ccc(C[C@H](N)C(=O)NC2C(O)[C@H](n3cnc4c(N(C)C)ncnc43)O[C@@H]2CO)cc1.Cc1ccc(C[C@H](NC(=O)CCCOCCOCCNC(=O)OC(C)(C)C)C(=O)NC2C(O)[C@H](n3cnc4c(N(C)C)ncnc43)O[C@@H]2CO)cc1. The number of rotatable bonds is 43. The largest absolute Gasteiger partial charge is 0.444 e. The second-order valence-electron chi connectivity index (χ2n) is 32.8. The summed E-state index contributed by atoms with van der Waals surface area (Å²) in [6.07, 6.45) is 5.05. The highest BCUT2D eigenvalue weighted by Gasteiger charge is 2.48. The van der Waals surface area contributed by atoms with Crippen LogP contribution >= 0.6 is 0 Å². The van der Waals surface area contributed by atoms with Crippen LogP contribution in [-0.4, -0.2) is 323 Å². The quantitative estimate of drug-likeness (QED) is 0.0193. The van der Waals surface area contributed by atoms with Crippen LogP contribution in [0.25, 0.3) is 22.3 Å². The van der Waals surface area contributed by atoms with Gasteiger partial charge in [0, 0.05) is 99.2 Å². The van der Waals surface area contributed by atoms with Gasteiger partial charge in [-0.2, -0.15) is 0 Å². The number of nitrogens with one attached hydrogen (secondary N) is 6. The highest BCUT2D eigenvalue weighted by Crippen LogP contribution is 2.35. The zero-order chi connectivity index (χ0) is 92.5. The standard InChI is InChI=1S/C35H52N8O9.C22H29N7O4.C16H27N3O5.C11H24N2O4/c1-22-9-11-23(12-10-22)18-24(40-26(45)8-7-14-49-16-17-50-15-13-36-34(48)52-35(2,3)4)32(47)41-27-25(19-44)51-33(29(27)46)43-21-39-28-30(42(5)6)37-20-38-31(28)43;1-12-4-6-13(7-5-12)8-14(23)21(32)27-16-15(9-30)33-22(18(16)31)29-11-26-17-19(28(2)3)24-10-25-20(17)29;1-16(2,3)24-15(21)18-7-10-23-12-11-22-9-4-5-14(20)19-8-6-17-13-19;1-11(2,3)17-10(14)13-5-7-16-9-8-15-6-4-12/h9-12,20-21,24-25,27,29,33,44,46H,7-8,13-19H2,1-6H3,(H,36,48)(H,40,45)(H,41,47);4-7,10-11,14-16,18,22,30-31H,8-9,23H2,1-3H3,(H,27,32);6,8,13H,4-5,7,9-12H2,1-3H3,(H,18,21);4-9,12H2,1-3H3,(H,13,14)/t24-,25+,27?,29?,33+;14-,15+,16?,18?,22+;;/m00../s1. The smallest absolute Gasteiger partial charge is 0.407 e. The van der Waals surface area contributed by atoms with E-state index in [0.717, 1.165) is 22.3 Å². The van der Waals surface area contributed by atoms with Crippen molar-refractivity contribution < 1.29 is 106 Å². The molecular weight excluding hydrogens is 1640 g/mol. The molecule has 2 aliphatic heterocycles. The molecule has 0 radical (unpaired) electrons. The molecule has 2 saturated heterocycles. The van der Waals surface area contributed by atoms with E-state index >= 15 is 0 Å². The summed E-state index contributed by atoms with van der Waals surface area (Å²) >= 11 is 0. The monoisotopic (exact) mass is 1770 g/mol. The first-order valence-electron chi connectivity index (χ1n) is 41.8. The Morgan fingerprint density at radius 3 is 1.28 bits per heavy atom. The Morgan fingerprint density at radius 1 is 0.508 bits per heavy atom. The van der Waals surface area contributed by atoms with Crippen molar-refractivity contribution in [1.29, 1.82) is 0 Å². The van der Waals surface area contributed by atoms with Gasteiger partial charge in [0.05, 0.1) is 110 Å². The summed E-state index contributed by atoms with van der Waals surface area (Å²) in [5.41, 5.74) is 15.7. The van der Waals surface area contributed by atoms with Crippen LogP contribution in [0.3, 0.4) is 0 Å². The Bertz CT molecular complexity index is 4390. The van der Waals surface area contributed by atoms with Gasteiger partial charge in [0.15, 0.2) is 46.4 Å². The summed E-state index contributed by atoms with van der Waals surface area (Å²) < 4.78 is 63.9. The number of imidazole rings is 3. The summed E-state index contributed by atoms with van der Waals surface area (Å²) in [6, 6.07) is 11.7. The Kier molecular flexibility index (Phi) is 44.2. The number of hydrogen-bond acceptors (Lipinski definition) is 33. The van der Waals surface area contributed by atoms with Crippen molar-refractivity contribution in [3.8, 4) is 0 Å². The average molecular weight is 1770 g/mol. The van der Waals surface area contributed by atoms with E-state index < -0.39 is 121 Å². The highest BCUT2D eigenvalue weighted by atomic mass is 16.6. The molecule has 6 amide bonds. The van der Waals surface area contributed by atoms with E-state index in [1.807, 2.05) is 137 Å². The minimum Gasteiger partial charge on any atom is -0.444 e. The molecule has 0 spiro atoms. The maximum absolute atomic E-state index is 13.8. The third-order valence-electron chi connectivity index (χ3n) is 18.2. The number of aromatic nitrogens is 10. The van der Waals surface area contributed by atoms with Crippen molar-refractivity contribution in [3.05, 3.63) is 115 Å². The highest BCUT2D eigenvalue weighted by molar-refractivity contribution is 5.88. The summed E-state index contributed by atoms with van der Waals surface area (Å²) in [5.74, 6) is -0.117. The molecule has 2 aliphatic rings. The maximum Gasteiger partial charge on any atom is 0.407 e. The minimum atomic E-state index is -1.28. The van der Waals surface area contributed by atoms with Gasteiger partial charge in [-0.25, -0.2) is 49.3 Å². The summed E-state index contributed by atoms with van der Waals surface area (Å²) in [7, 11) is 7.33. The summed E-state index contributed by atoms with van der Waals surface area (Å²) in [6.45, 7) is 25.9. The second-order valence-corrected chi connectivity index (χ2v) is 32.8. The predicted molar refractivity (Wildman–Crippen MR) is 465 cm³/mol. The molecule has 7 aromatic rings. The van der Waals surface area contributed by atoms with Gasteiger partial charge in [-0.05, 0) is 107 Å². The summed E-state index contributed by atoms with van der Waals surface area (Å²) in [5, 5.41) is 58.7. The molecule has 42 nitrogen and oxygen atoms in total. The van der Waals surface area contributed by atoms with Crippen LogP contribution < -0.4 is 53.2 Å². The predicted octanol–water partition coefficient (Wildman–Crippen LogP) is 2.87. The third-order valence-corrected chi connectivity index (χ3v) is 18.2. The number of nitrogens with two attached hydrogens (primary N) is 2. The fraction of sp³-hybridized carbons (Fsp3) is 0.619. The van der Waals surface area contributed by atoms with Crippen LogP contribution in [0.1, 0.15) is 128 Å². The third kappa shape index (κ3) is 36.9. The molecule has 14 N–H and O–H groups in total. The fourth-order valence-corrected chi connectivity index (χ4v) is 12.2. The fourth-order valence-electron chi connectivity index (χ4n) is 12.2. The van der Waals surface area contributed by atoms with E-state index in [-0.39, 0.29) is 24.7 Å². The van der Waals surface area contributed by atoms with Crippen molar-refractivity contribution in [2.24, 2.45) is 11.5 Å². The molecule has 2 fully saturated rings. The van der Waals surface area contributed by atoms with E-state index in [9.17, 15) is 54.0 Å². The van der Waals surface area contributed by atoms with E-state index in [4.69, 9.17) is 63.6 Å². The zero-order valence-corrected chi connectivity index (χ0v) is 75.1. The normalized spacial score (nSPS) is 17.8. The maximum atomic E-state index is 13.8. The number of amides is 6. The van der Waals surface area contributed by atoms with Crippen LogP contribution in [0.5, 0.6) is 0 Å². The van der Waals surface area contributed by atoms with E-state index in [1.54, 1.807) is 47.2 Å². The van der Waals surface area contributed by atoms with Crippen LogP contribution in [0.2, 0.25) is 0 Å². The lowest BCUT2D eigenvalue weighted by molar-refractivity contribution is -0.130. The van der Waals surface area contributed by atoms with Crippen molar-refractivity contribution in [2.45, 2.75) is 193 Å². The van der Waals surface area contributed by atoms with Gasteiger partial charge >= 0.3 is 18.3 Å². The average Bonchev–Trinajstić information content (AvgIpc) is 1.63. The molecule has 4 unspecified atom stereocenters. The lowest BCUT2D eigenvalue weighted by Gasteiger charge is -2.25.